The first-order valence-electron chi connectivity index (χ1n) is 6.66. The molecule has 0 aliphatic carbocycles. The molecule has 0 N–H and O–H groups in total. The van der Waals surface area contributed by atoms with Crippen molar-refractivity contribution < 1.29 is 9.21 Å². The van der Waals surface area contributed by atoms with Crippen molar-refractivity contribution in [2.75, 3.05) is 33.2 Å². The highest BCUT2D eigenvalue weighted by Gasteiger charge is 2.20. The Morgan fingerprint density at radius 1 is 1.21 bits per heavy atom. The van der Waals surface area contributed by atoms with E-state index in [1.54, 1.807) is 0 Å². The highest BCUT2D eigenvalue weighted by atomic mass is 16.3. The third-order valence-corrected chi connectivity index (χ3v) is 3.66. The molecule has 1 saturated heterocycles. The quantitative estimate of drug-likeness (QED) is 0.823. The molecule has 1 aliphatic rings. The Labute approximate surface area is 112 Å². The molecule has 1 aliphatic heterocycles. The van der Waals surface area contributed by atoms with Gasteiger partial charge in [-0.15, -0.1) is 0 Å². The summed E-state index contributed by atoms with van der Waals surface area (Å²) in [4.78, 5) is 16.4. The number of rotatable bonds is 2. The summed E-state index contributed by atoms with van der Waals surface area (Å²) in [5, 5.41) is 1.06. The van der Waals surface area contributed by atoms with E-state index < -0.39 is 0 Å². The smallest absolute Gasteiger partial charge is 0.230 e. The van der Waals surface area contributed by atoms with Crippen LogP contribution in [0.5, 0.6) is 0 Å². The molecule has 3 rings (SSSR count). The fourth-order valence-electron chi connectivity index (χ4n) is 2.44. The van der Waals surface area contributed by atoms with Crippen LogP contribution >= 0.6 is 0 Å². The fourth-order valence-corrected chi connectivity index (χ4v) is 2.44. The van der Waals surface area contributed by atoms with Gasteiger partial charge in [0.1, 0.15) is 11.3 Å². The minimum absolute atomic E-state index is 0.159. The van der Waals surface area contributed by atoms with Gasteiger partial charge in [0.25, 0.3) is 0 Å². The van der Waals surface area contributed by atoms with E-state index in [-0.39, 0.29) is 5.91 Å². The Morgan fingerprint density at radius 3 is 2.68 bits per heavy atom. The third-order valence-electron chi connectivity index (χ3n) is 3.66. The Bertz CT molecular complexity index is 550. The lowest BCUT2D eigenvalue weighted by Gasteiger charge is -2.32. The van der Waals surface area contributed by atoms with Crippen LogP contribution in [0.1, 0.15) is 5.76 Å². The van der Waals surface area contributed by atoms with Crippen molar-refractivity contribution in [1.29, 1.82) is 0 Å². The van der Waals surface area contributed by atoms with Gasteiger partial charge in [-0.1, -0.05) is 18.2 Å². The van der Waals surface area contributed by atoms with Crippen LogP contribution < -0.4 is 0 Å². The Morgan fingerprint density at radius 2 is 1.95 bits per heavy atom. The Hall–Kier alpha value is -1.81. The average Bonchev–Trinajstić information content (AvgIpc) is 2.81. The zero-order chi connectivity index (χ0) is 13.2. The third kappa shape index (κ3) is 2.63. The molecule has 0 saturated carbocycles. The van der Waals surface area contributed by atoms with Crippen LogP contribution in [0.3, 0.4) is 0 Å². The summed E-state index contributed by atoms with van der Waals surface area (Å²) in [6, 6.07) is 9.81. The SMILES string of the molecule is CN1CCN(C(=O)Cc2cc3ccccc3o2)CC1. The lowest BCUT2D eigenvalue weighted by molar-refractivity contribution is -0.132. The molecule has 0 atom stereocenters. The van der Waals surface area contributed by atoms with Gasteiger partial charge in [0.05, 0.1) is 6.42 Å². The van der Waals surface area contributed by atoms with Gasteiger partial charge in [0, 0.05) is 31.6 Å². The molecular weight excluding hydrogens is 240 g/mol. The molecular formula is C15H18N2O2. The van der Waals surface area contributed by atoms with Crippen LogP contribution in [0.4, 0.5) is 0 Å². The number of hydrogen-bond acceptors (Lipinski definition) is 3. The van der Waals surface area contributed by atoms with Gasteiger partial charge in [-0.3, -0.25) is 4.79 Å². The van der Waals surface area contributed by atoms with Gasteiger partial charge < -0.3 is 14.2 Å². The first-order valence-corrected chi connectivity index (χ1v) is 6.66. The number of nitrogens with zero attached hydrogens (tertiary/aromatic N) is 2. The molecule has 1 amide bonds. The second-order valence-corrected chi connectivity index (χ2v) is 5.11. The first kappa shape index (κ1) is 12.2. The molecule has 4 heteroatoms. The van der Waals surface area contributed by atoms with Crippen LogP contribution in [0, 0.1) is 0 Å². The average molecular weight is 258 g/mol. The van der Waals surface area contributed by atoms with Gasteiger partial charge in [0.2, 0.25) is 5.91 Å². The van der Waals surface area contributed by atoms with Crippen LogP contribution in [0.2, 0.25) is 0 Å². The molecule has 1 fully saturated rings. The number of fused-ring (bicyclic) bond motifs is 1. The maximum absolute atomic E-state index is 12.2. The highest BCUT2D eigenvalue weighted by Crippen LogP contribution is 2.19. The van der Waals surface area contributed by atoms with Gasteiger partial charge in [-0.05, 0) is 19.2 Å². The van der Waals surface area contributed by atoms with Gasteiger partial charge >= 0.3 is 0 Å². The summed E-state index contributed by atoms with van der Waals surface area (Å²) in [5.41, 5.74) is 0.851. The second-order valence-electron chi connectivity index (χ2n) is 5.11. The minimum atomic E-state index is 0.159. The Kier molecular flexibility index (Phi) is 3.25. The van der Waals surface area contributed by atoms with Gasteiger partial charge in [0.15, 0.2) is 0 Å². The van der Waals surface area contributed by atoms with Crippen LogP contribution in [0.15, 0.2) is 34.7 Å². The maximum Gasteiger partial charge on any atom is 0.230 e. The lowest BCUT2D eigenvalue weighted by Crippen LogP contribution is -2.47. The van der Waals surface area contributed by atoms with E-state index in [0.29, 0.717) is 6.42 Å². The van der Waals surface area contributed by atoms with Gasteiger partial charge in [-0.2, -0.15) is 0 Å². The van der Waals surface area contributed by atoms with Crippen LogP contribution in [0.25, 0.3) is 11.0 Å². The normalized spacial score (nSPS) is 17.0. The van der Waals surface area contributed by atoms with Crippen molar-refractivity contribution in [3.8, 4) is 0 Å². The number of benzene rings is 1. The number of hydrogen-bond donors (Lipinski definition) is 0. The van der Waals surface area contributed by atoms with E-state index in [1.165, 1.54) is 0 Å². The zero-order valence-electron chi connectivity index (χ0n) is 11.1. The highest BCUT2D eigenvalue weighted by molar-refractivity contribution is 5.82. The number of carbonyl (C=O) groups is 1. The largest absolute Gasteiger partial charge is 0.461 e. The predicted octanol–water partition coefficient (Wildman–Crippen LogP) is 1.75. The molecule has 19 heavy (non-hydrogen) atoms. The van der Waals surface area contributed by atoms with Crippen molar-refractivity contribution in [2.24, 2.45) is 0 Å². The topological polar surface area (TPSA) is 36.7 Å². The molecule has 0 unspecified atom stereocenters. The molecule has 0 bridgehead atoms. The van der Waals surface area contributed by atoms with E-state index in [2.05, 4.69) is 11.9 Å². The molecule has 4 nitrogen and oxygen atoms in total. The van der Waals surface area contributed by atoms with Crippen molar-refractivity contribution in [1.82, 2.24) is 9.80 Å². The van der Waals surface area contributed by atoms with Crippen LogP contribution in [-0.2, 0) is 11.2 Å². The van der Waals surface area contributed by atoms with Crippen molar-refractivity contribution in [3.05, 3.63) is 36.1 Å². The molecule has 1 aromatic heterocycles. The summed E-state index contributed by atoms with van der Waals surface area (Å²) in [6.07, 6.45) is 0.360. The summed E-state index contributed by atoms with van der Waals surface area (Å²) >= 11 is 0. The minimum Gasteiger partial charge on any atom is -0.461 e. The summed E-state index contributed by atoms with van der Waals surface area (Å²) in [5.74, 6) is 0.914. The van der Waals surface area contributed by atoms with E-state index in [9.17, 15) is 4.79 Å². The monoisotopic (exact) mass is 258 g/mol. The summed E-state index contributed by atoms with van der Waals surface area (Å²) in [6.45, 7) is 3.53. The number of para-hydroxylation sites is 1. The van der Waals surface area contributed by atoms with Crippen molar-refractivity contribution in [2.45, 2.75) is 6.42 Å². The van der Waals surface area contributed by atoms with Crippen molar-refractivity contribution >= 4 is 16.9 Å². The number of amides is 1. The standard InChI is InChI=1S/C15H18N2O2/c1-16-6-8-17(9-7-16)15(18)11-13-10-12-4-2-3-5-14(12)19-13/h2-5,10H,6-9,11H2,1H3. The fraction of sp³-hybridized carbons (Fsp3) is 0.400. The maximum atomic E-state index is 12.2. The predicted molar refractivity (Wildman–Crippen MR) is 74.0 cm³/mol. The van der Waals surface area contributed by atoms with E-state index >= 15 is 0 Å². The molecule has 2 heterocycles. The van der Waals surface area contributed by atoms with Crippen LogP contribution in [-0.4, -0.2) is 48.9 Å². The summed E-state index contributed by atoms with van der Waals surface area (Å²) in [7, 11) is 2.08. The van der Waals surface area contributed by atoms with E-state index in [4.69, 9.17) is 4.42 Å². The number of piperazine rings is 1. The zero-order valence-corrected chi connectivity index (χ0v) is 11.1. The van der Waals surface area contributed by atoms with E-state index in [0.717, 1.165) is 42.9 Å². The molecule has 0 spiro atoms. The first-order chi connectivity index (χ1) is 9.22. The Balaban J connectivity index is 1.68. The molecule has 2 aromatic rings. The lowest BCUT2D eigenvalue weighted by atomic mass is 10.2. The molecule has 0 radical (unpaired) electrons. The number of carbonyl (C=O) groups excluding carboxylic acids is 1. The van der Waals surface area contributed by atoms with E-state index in [1.807, 2.05) is 35.2 Å². The van der Waals surface area contributed by atoms with Crippen molar-refractivity contribution in [3.63, 3.8) is 0 Å². The number of furan rings is 1. The number of likely N-dealkylation sites (N-methyl/N-ethyl adjacent to an activating group) is 1. The summed E-state index contributed by atoms with van der Waals surface area (Å²) < 4.78 is 5.69. The van der Waals surface area contributed by atoms with Gasteiger partial charge in [-0.25, -0.2) is 0 Å². The molecule has 1 aromatic carbocycles. The molecule has 100 valence electrons. The second kappa shape index (κ2) is 5.05.